The number of nitrogens with one attached hydrogen (secondary N) is 2. The van der Waals surface area contributed by atoms with Gasteiger partial charge < -0.3 is 10.6 Å². The van der Waals surface area contributed by atoms with Crippen molar-refractivity contribution in [2.24, 2.45) is 0 Å². The minimum absolute atomic E-state index is 0.710. The highest BCUT2D eigenvalue weighted by molar-refractivity contribution is 5.52. The lowest BCUT2D eigenvalue weighted by Crippen LogP contribution is -2.15. The second-order valence-corrected chi connectivity index (χ2v) is 5.70. The first-order chi connectivity index (χ1) is 12.8. The first kappa shape index (κ1) is 17.5. The van der Waals surface area contributed by atoms with Crippen molar-refractivity contribution in [3.05, 3.63) is 71.2 Å². The predicted molar refractivity (Wildman–Crippen MR) is 105 cm³/mol. The van der Waals surface area contributed by atoms with Crippen molar-refractivity contribution < 1.29 is 0 Å². The van der Waals surface area contributed by atoms with E-state index in [2.05, 4.69) is 44.4 Å². The van der Waals surface area contributed by atoms with E-state index in [1.54, 1.807) is 0 Å². The largest absolute Gasteiger partial charge is 0.345 e. The van der Waals surface area contributed by atoms with Crippen LogP contribution < -0.4 is 21.3 Å². The van der Waals surface area contributed by atoms with Crippen LogP contribution in [0.3, 0.4) is 0 Å². The lowest BCUT2D eigenvalue weighted by molar-refractivity contribution is 1.06. The second kappa shape index (κ2) is 8.71. The third-order valence-corrected chi connectivity index (χ3v) is 3.90. The summed E-state index contributed by atoms with van der Waals surface area (Å²) in [6.45, 7) is 4.14. The van der Waals surface area contributed by atoms with Gasteiger partial charge in [-0.3, -0.25) is 9.97 Å². The number of hydrogen-bond donors (Lipinski definition) is 2. The van der Waals surface area contributed by atoms with Crippen LogP contribution in [0.5, 0.6) is 0 Å². The van der Waals surface area contributed by atoms with Crippen molar-refractivity contribution in [3.8, 4) is 0 Å². The summed E-state index contributed by atoms with van der Waals surface area (Å²) < 4.78 is 0. The predicted octanol–water partition coefficient (Wildman–Crippen LogP) is 2.08. The Hall–Kier alpha value is -3.28. The maximum absolute atomic E-state index is 4.58. The van der Waals surface area contributed by atoms with Crippen LogP contribution in [0.4, 0.5) is 11.6 Å². The van der Waals surface area contributed by atoms with Gasteiger partial charge in [0.2, 0.25) is 0 Å². The highest BCUT2D eigenvalue weighted by Crippen LogP contribution is 2.00. The summed E-state index contributed by atoms with van der Waals surface area (Å²) in [5.74, 6) is 1.42. The van der Waals surface area contributed by atoms with Gasteiger partial charge in [0, 0.05) is 37.2 Å². The van der Waals surface area contributed by atoms with Crippen LogP contribution in [0.2, 0.25) is 0 Å². The van der Waals surface area contributed by atoms with E-state index in [1.165, 1.54) is 0 Å². The van der Waals surface area contributed by atoms with Gasteiger partial charge in [0.05, 0.1) is 0 Å². The van der Waals surface area contributed by atoms with E-state index in [-0.39, 0.29) is 0 Å². The number of nitrogens with zero attached hydrogens (tertiary/aromatic N) is 4. The molecule has 6 heteroatoms. The minimum Gasteiger partial charge on any atom is -0.345 e. The average molecular weight is 346 g/mol. The van der Waals surface area contributed by atoms with Crippen molar-refractivity contribution in [2.75, 3.05) is 10.6 Å². The second-order valence-electron chi connectivity index (χ2n) is 5.70. The summed E-state index contributed by atoms with van der Waals surface area (Å²) in [5.41, 5.74) is 2.02. The molecule has 3 heterocycles. The van der Waals surface area contributed by atoms with E-state index in [0.29, 0.717) is 11.6 Å². The molecule has 0 bridgehead atoms. The zero-order chi connectivity index (χ0) is 18.2. The molecule has 0 fully saturated rings. The molecule has 2 N–H and O–H groups in total. The maximum Gasteiger partial charge on any atom is 0.155 e. The quantitative estimate of drug-likeness (QED) is 0.854. The molecule has 132 valence electrons. The first-order valence-electron chi connectivity index (χ1n) is 8.69. The molecule has 0 atom stereocenters. The number of aryl methyl sites for hydroxylation is 2. The van der Waals surface area contributed by atoms with Gasteiger partial charge in [0.15, 0.2) is 11.6 Å². The summed E-state index contributed by atoms with van der Waals surface area (Å²) in [4.78, 5) is 18.3. The number of rotatable bonds is 2. The molecule has 0 saturated carbocycles. The molecule has 26 heavy (non-hydrogen) atoms. The van der Waals surface area contributed by atoms with Crippen LogP contribution in [-0.4, -0.2) is 19.9 Å². The van der Waals surface area contributed by atoms with Crippen LogP contribution in [0.25, 0.3) is 12.2 Å². The number of anilines is 2. The molecule has 0 saturated heterocycles. The summed E-state index contributed by atoms with van der Waals surface area (Å²) in [6.07, 6.45) is 20.3. The van der Waals surface area contributed by atoms with Gasteiger partial charge in [0.1, 0.15) is 10.7 Å². The molecule has 0 unspecified atom stereocenters. The van der Waals surface area contributed by atoms with E-state index in [9.17, 15) is 0 Å². The van der Waals surface area contributed by atoms with E-state index in [0.717, 1.165) is 34.7 Å². The fourth-order valence-electron chi connectivity index (χ4n) is 2.29. The number of aromatic nitrogens is 4. The van der Waals surface area contributed by atoms with Gasteiger partial charge in [-0.1, -0.05) is 13.8 Å². The minimum atomic E-state index is 0.710. The molecule has 0 radical (unpaired) electrons. The lowest BCUT2D eigenvalue weighted by atomic mass is 10.3. The van der Waals surface area contributed by atoms with E-state index in [1.807, 2.05) is 61.5 Å². The molecule has 3 rings (SSSR count). The SMILES string of the molecule is CCc1cnc2c(ncc(CC)cnc3c(nc1)=CC=CN3)=CC=CN2. The fourth-order valence-corrected chi connectivity index (χ4v) is 2.29. The molecule has 0 amide bonds. The maximum atomic E-state index is 4.58. The molecular formula is C20H22N6. The third-order valence-electron chi connectivity index (χ3n) is 3.90. The van der Waals surface area contributed by atoms with Crippen molar-refractivity contribution in [2.45, 2.75) is 26.7 Å². The Bertz CT molecular complexity index is 895. The Morgan fingerprint density at radius 2 is 1.08 bits per heavy atom. The smallest absolute Gasteiger partial charge is 0.155 e. The van der Waals surface area contributed by atoms with Crippen LogP contribution in [-0.2, 0) is 12.8 Å². The molecule has 0 aromatic carbocycles. The van der Waals surface area contributed by atoms with Gasteiger partial charge in [0.25, 0.3) is 0 Å². The monoisotopic (exact) mass is 346 g/mol. The highest BCUT2D eigenvalue weighted by atomic mass is 15.0. The molecule has 1 aromatic rings. The van der Waals surface area contributed by atoms with Crippen molar-refractivity contribution in [3.63, 3.8) is 0 Å². The standard InChI is InChI=1S/C20H22N6/c1-3-15-11-23-17-7-5-10-22-20(17)26-14-16(4-2)12-24-18-8-6-9-21-19(18)25-13-15/h5-14H,3-4H2,1-2H3,(H,21,25)(H,22,26). The van der Waals surface area contributed by atoms with Crippen LogP contribution >= 0.6 is 0 Å². The summed E-state index contributed by atoms with van der Waals surface area (Å²) in [5, 5.41) is 7.84. The first-order valence-corrected chi connectivity index (χ1v) is 8.69. The van der Waals surface area contributed by atoms with Crippen molar-refractivity contribution in [1.29, 1.82) is 0 Å². The molecular weight excluding hydrogens is 324 g/mol. The number of hydrogen-bond acceptors (Lipinski definition) is 6. The number of allylic oxidation sites excluding steroid dienone is 2. The number of fused-ring (bicyclic) bond motifs is 2. The Kier molecular flexibility index (Phi) is 5.88. The summed E-state index contributed by atoms with van der Waals surface area (Å²) in [6, 6.07) is 0. The summed E-state index contributed by atoms with van der Waals surface area (Å²) in [7, 11) is 0. The summed E-state index contributed by atoms with van der Waals surface area (Å²) >= 11 is 0. The van der Waals surface area contributed by atoms with Gasteiger partial charge in [-0.15, -0.1) is 0 Å². The van der Waals surface area contributed by atoms with Crippen LogP contribution in [0.1, 0.15) is 25.0 Å². The van der Waals surface area contributed by atoms with E-state index >= 15 is 0 Å². The van der Waals surface area contributed by atoms with Gasteiger partial charge in [-0.25, -0.2) is 9.97 Å². The van der Waals surface area contributed by atoms with Gasteiger partial charge in [-0.2, -0.15) is 0 Å². The van der Waals surface area contributed by atoms with E-state index < -0.39 is 0 Å². The Morgan fingerprint density at radius 1 is 0.654 bits per heavy atom. The Labute approximate surface area is 152 Å². The molecule has 2 aliphatic rings. The molecule has 6 nitrogen and oxygen atoms in total. The lowest BCUT2D eigenvalue weighted by Gasteiger charge is -2.02. The highest BCUT2D eigenvalue weighted by Gasteiger charge is 1.98. The third kappa shape index (κ3) is 4.42. The topological polar surface area (TPSA) is 75.6 Å². The normalized spacial score (nSPS) is 12.7. The Morgan fingerprint density at radius 3 is 1.50 bits per heavy atom. The van der Waals surface area contributed by atoms with Crippen molar-refractivity contribution in [1.82, 2.24) is 19.9 Å². The molecule has 1 aromatic heterocycles. The van der Waals surface area contributed by atoms with Crippen LogP contribution in [0, 0.1) is 0 Å². The zero-order valence-electron chi connectivity index (χ0n) is 15.0. The fraction of sp³-hybridized carbons (Fsp3) is 0.200. The van der Waals surface area contributed by atoms with Crippen LogP contribution in [0.15, 0.2) is 49.3 Å². The Balaban J connectivity index is 2.33. The molecule has 0 aliphatic carbocycles. The zero-order valence-corrected chi connectivity index (χ0v) is 15.0. The average Bonchev–Trinajstić information content (AvgIpc) is 2.69. The van der Waals surface area contributed by atoms with E-state index in [4.69, 9.17) is 0 Å². The van der Waals surface area contributed by atoms with Crippen molar-refractivity contribution >= 4 is 23.8 Å². The van der Waals surface area contributed by atoms with Gasteiger partial charge >= 0.3 is 0 Å². The molecule has 2 aliphatic heterocycles. The molecule has 0 spiro atoms. The van der Waals surface area contributed by atoms with Gasteiger partial charge in [-0.05, 0) is 48.3 Å².